The fourth-order valence-electron chi connectivity index (χ4n) is 1.59. The van der Waals surface area contributed by atoms with Crippen molar-refractivity contribution in [3.8, 4) is 0 Å². The van der Waals surface area contributed by atoms with Gasteiger partial charge >= 0.3 is 6.18 Å². The number of hydrogen-bond donors (Lipinski definition) is 2. The molecule has 0 heterocycles. The molecule has 2 N–H and O–H groups in total. The van der Waals surface area contributed by atoms with Crippen LogP contribution in [0.15, 0.2) is 24.3 Å². The molecule has 1 rings (SSSR count). The lowest BCUT2D eigenvalue weighted by molar-refractivity contribution is -0.137. The third kappa shape index (κ3) is 6.29. The zero-order chi connectivity index (χ0) is 16.3. The number of alkyl halides is 3. The number of carbonyl (C=O) groups excluding carboxylic acids is 2. The molecule has 1 aromatic rings. The highest BCUT2D eigenvalue weighted by Gasteiger charge is 2.30. The lowest BCUT2D eigenvalue weighted by Gasteiger charge is -2.20. The third-order valence-electron chi connectivity index (χ3n) is 2.31. The van der Waals surface area contributed by atoms with Crippen LogP contribution in [0, 0.1) is 0 Å². The molecule has 1 aromatic carbocycles. The van der Waals surface area contributed by atoms with Crippen molar-refractivity contribution < 1.29 is 22.8 Å². The van der Waals surface area contributed by atoms with Gasteiger partial charge in [0, 0.05) is 11.2 Å². The van der Waals surface area contributed by atoms with E-state index in [0.717, 1.165) is 12.1 Å². The lowest BCUT2D eigenvalue weighted by atomic mass is 10.1. The summed E-state index contributed by atoms with van der Waals surface area (Å²) in [4.78, 5) is 23.2. The van der Waals surface area contributed by atoms with Gasteiger partial charge in [0.15, 0.2) is 0 Å². The second-order valence-corrected chi connectivity index (χ2v) is 5.60. The summed E-state index contributed by atoms with van der Waals surface area (Å²) in [5.74, 6) is -1.16. The van der Waals surface area contributed by atoms with Crippen LogP contribution in [-0.2, 0) is 15.8 Å². The van der Waals surface area contributed by atoms with Gasteiger partial charge in [-0.3, -0.25) is 9.59 Å². The van der Waals surface area contributed by atoms with Crippen LogP contribution in [0.25, 0.3) is 0 Å². The normalized spacial score (nSPS) is 11.9. The Hall–Kier alpha value is -2.05. The molecule has 0 bridgehead atoms. The van der Waals surface area contributed by atoms with E-state index in [2.05, 4.69) is 10.6 Å². The van der Waals surface area contributed by atoms with E-state index in [1.54, 1.807) is 20.8 Å². The molecule has 0 fully saturated rings. The number of halogens is 3. The highest BCUT2D eigenvalue weighted by Crippen LogP contribution is 2.30. The Labute approximate surface area is 120 Å². The van der Waals surface area contributed by atoms with Gasteiger partial charge < -0.3 is 10.6 Å². The van der Waals surface area contributed by atoms with Crippen molar-refractivity contribution in [2.24, 2.45) is 0 Å². The number of amides is 2. The van der Waals surface area contributed by atoms with Gasteiger partial charge in [-0.15, -0.1) is 0 Å². The second-order valence-electron chi connectivity index (χ2n) is 5.60. The molecule has 0 aliphatic rings. The first-order valence-corrected chi connectivity index (χ1v) is 6.25. The Kier molecular flexibility index (Phi) is 4.98. The predicted octanol–water partition coefficient (Wildman–Crippen LogP) is 2.95. The molecule has 2 amide bonds. The molecule has 0 atom stereocenters. The molecule has 21 heavy (non-hydrogen) atoms. The van der Waals surface area contributed by atoms with Crippen LogP contribution in [0.3, 0.4) is 0 Å². The minimum absolute atomic E-state index is 0.00150. The van der Waals surface area contributed by atoms with Crippen LogP contribution in [0.4, 0.5) is 18.9 Å². The van der Waals surface area contributed by atoms with Crippen molar-refractivity contribution in [3.05, 3.63) is 29.8 Å². The molecule has 0 aliphatic carbocycles. The Morgan fingerprint density at radius 3 is 2.24 bits per heavy atom. The molecule has 0 unspecified atom stereocenters. The molecule has 0 radical (unpaired) electrons. The van der Waals surface area contributed by atoms with E-state index in [-0.39, 0.29) is 5.69 Å². The van der Waals surface area contributed by atoms with Crippen LogP contribution < -0.4 is 10.6 Å². The summed E-state index contributed by atoms with van der Waals surface area (Å²) >= 11 is 0. The molecular formula is C14H17F3N2O2. The van der Waals surface area contributed by atoms with Crippen molar-refractivity contribution >= 4 is 17.5 Å². The first kappa shape index (κ1) is 17.0. The average Bonchev–Trinajstić information content (AvgIpc) is 2.24. The zero-order valence-electron chi connectivity index (χ0n) is 12.0. The number of rotatable bonds is 3. The lowest BCUT2D eigenvalue weighted by Crippen LogP contribution is -2.41. The summed E-state index contributed by atoms with van der Waals surface area (Å²) < 4.78 is 37.6. The van der Waals surface area contributed by atoms with Crippen LogP contribution in [0.1, 0.15) is 32.8 Å². The average molecular weight is 302 g/mol. The maximum atomic E-state index is 12.5. The van der Waals surface area contributed by atoms with Gasteiger partial charge in [0.2, 0.25) is 11.8 Å². The predicted molar refractivity (Wildman–Crippen MR) is 72.6 cm³/mol. The Morgan fingerprint density at radius 2 is 1.71 bits per heavy atom. The minimum atomic E-state index is -4.48. The second kappa shape index (κ2) is 6.15. The summed E-state index contributed by atoms with van der Waals surface area (Å²) in [6, 6.07) is 4.24. The third-order valence-corrected chi connectivity index (χ3v) is 2.31. The van der Waals surface area contributed by atoms with Crippen molar-refractivity contribution in [2.75, 3.05) is 5.32 Å². The highest BCUT2D eigenvalue weighted by molar-refractivity contribution is 6.03. The van der Waals surface area contributed by atoms with Gasteiger partial charge in [-0.25, -0.2) is 0 Å². The monoisotopic (exact) mass is 302 g/mol. The maximum Gasteiger partial charge on any atom is 0.416 e. The SMILES string of the molecule is CC(C)(C)NC(=O)CC(=O)Nc1cccc(C(F)(F)F)c1. The van der Waals surface area contributed by atoms with Gasteiger partial charge in [-0.05, 0) is 39.0 Å². The number of anilines is 1. The van der Waals surface area contributed by atoms with Crippen LogP contribution in [0.2, 0.25) is 0 Å². The first-order chi connectivity index (χ1) is 9.47. The molecule has 7 heteroatoms. The molecule has 0 spiro atoms. The molecule has 116 valence electrons. The Morgan fingerprint density at radius 1 is 1.10 bits per heavy atom. The van der Waals surface area contributed by atoms with Gasteiger partial charge in [-0.2, -0.15) is 13.2 Å². The zero-order valence-corrected chi connectivity index (χ0v) is 12.0. The van der Waals surface area contributed by atoms with Gasteiger partial charge in [0.25, 0.3) is 0 Å². The summed E-state index contributed by atoms with van der Waals surface area (Å²) in [7, 11) is 0. The minimum Gasteiger partial charge on any atom is -0.351 e. The molecule has 4 nitrogen and oxygen atoms in total. The number of hydrogen-bond acceptors (Lipinski definition) is 2. The Bertz CT molecular complexity index is 534. The molecule has 0 saturated carbocycles. The van der Waals surface area contributed by atoms with Gasteiger partial charge in [-0.1, -0.05) is 6.07 Å². The molecular weight excluding hydrogens is 285 g/mol. The number of benzene rings is 1. The van der Waals surface area contributed by atoms with E-state index in [4.69, 9.17) is 0 Å². The van der Waals surface area contributed by atoms with Crippen molar-refractivity contribution in [1.29, 1.82) is 0 Å². The molecule has 0 aliphatic heterocycles. The summed E-state index contributed by atoms with van der Waals surface area (Å²) in [6.07, 6.45) is -4.93. The first-order valence-electron chi connectivity index (χ1n) is 6.25. The number of carbonyl (C=O) groups is 2. The van der Waals surface area contributed by atoms with E-state index in [0.29, 0.717) is 0 Å². The van der Waals surface area contributed by atoms with Crippen molar-refractivity contribution in [1.82, 2.24) is 5.32 Å². The molecule has 0 saturated heterocycles. The van der Waals surface area contributed by atoms with Crippen molar-refractivity contribution in [2.45, 2.75) is 38.9 Å². The Balaban J connectivity index is 2.66. The van der Waals surface area contributed by atoms with Gasteiger partial charge in [0.05, 0.1) is 5.56 Å². The molecule has 0 aromatic heterocycles. The fourth-order valence-corrected chi connectivity index (χ4v) is 1.59. The standard InChI is InChI=1S/C14H17F3N2O2/c1-13(2,3)19-12(21)8-11(20)18-10-6-4-5-9(7-10)14(15,16)17/h4-7H,8H2,1-3H3,(H,18,20)(H,19,21). The number of nitrogens with one attached hydrogen (secondary N) is 2. The topological polar surface area (TPSA) is 58.2 Å². The summed E-state index contributed by atoms with van der Waals surface area (Å²) in [6.45, 7) is 5.28. The van der Waals surface area contributed by atoms with Crippen LogP contribution >= 0.6 is 0 Å². The summed E-state index contributed by atoms with van der Waals surface area (Å²) in [5.41, 5.74) is -1.34. The van der Waals surface area contributed by atoms with Crippen LogP contribution in [0.5, 0.6) is 0 Å². The fraction of sp³-hybridized carbons (Fsp3) is 0.429. The van der Waals surface area contributed by atoms with Gasteiger partial charge in [0.1, 0.15) is 6.42 Å². The smallest absolute Gasteiger partial charge is 0.351 e. The van der Waals surface area contributed by atoms with E-state index in [1.807, 2.05) is 0 Å². The van der Waals surface area contributed by atoms with E-state index < -0.39 is 35.5 Å². The van der Waals surface area contributed by atoms with Crippen LogP contribution in [-0.4, -0.2) is 17.4 Å². The summed E-state index contributed by atoms with van der Waals surface area (Å²) in [5, 5.41) is 4.86. The van der Waals surface area contributed by atoms with E-state index >= 15 is 0 Å². The largest absolute Gasteiger partial charge is 0.416 e. The van der Waals surface area contributed by atoms with E-state index in [9.17, 15) is 22.8 Å². The van der Waals surface area contributed by atoms with Crippen molar-refractivity contribution in [3.63, 3.8) is 0 Å². The van der Waals surface area contributed by atoms with E-state index in [1.165, 1.54) is 12.1 Å². The quantitative estimate of drug-likeness (QED) is 0.843. The maximum absolute atomic E-state index is 12.5. The highest BCUT2D eigenvalue weighted by atomic mass is 19.4.